The van der Waals surface area contributed by atoms with Crippen molar-refractivity contribution in [1.29, 1.82) is 0 Å². The van der Waals surface area contributed by atoms with E-state index in [-0.39, 0.29) is 24.9 Å². The number of nitrogens with zero attached hydrogens (tertiary/aromatic N) is 2. The summed E-state index contributed by atoms with van der Waals surface area (Å²) in [6.45, 7) is 1.10. The molecule has 150 valence electrons. The van der Waals surface area contributed by atoms with Gasteiger partial charge in [-0.15, -0.1) is 0 Å². The third kappa shape index (κ3) is 4.90. The molecule has 8 nitrogen and oxygen atoms in total. The number of hydrogen-bond donors (Lipinski definition) is 2. The number of likely N-dealkylation sites (N-methyl/N-ethyl adjacent to an activating group) is 2. The molecule has 0 bridgehead atoms. The van der Waals surface area contributed by atoms with Gasteiger partial charge in [0, 0.05) is 32.2 Å². The van der Waals surface area contributed by atoms with Crippen molar-refractivity contribution in [1.82, 2.24) is 15.1 Å². The van der Waals surface area contributed by atoms with E-state index in [1.165, 1.54) is 0 Å². The Labute approximate surface area is 160 Å². The first kappa shape index (κ1) is 21.0. The van der Waals surface area contributed by atoms with Gasteiger partial charge in [0.05, 0.1) is 20.8 Å². The monoisotopic (exact) mass is 379 g/mol. The molecular formula is C19H29N3O5. The summed E-state index contributed by atoms with van der Waals surface area (Å²) in [5.74, 6) is 0.684. The third-order valence-corrected chi connectivity index (χ3v) is 4.77. The molecule has 0 aromatic heterocycles. The first-order valence-electron chi connectivity index (χ1n) is 8.95. The van der Waals surface area contributed by atoms with Crippen molar-refractivity contribution < 1.29 is 24.2 Å². The molecule has 0 saturated carbocycles. The predicted molar refractivity (Wildman–Crippen MR) is 101 cm³/mol. The van der Waals surface area contributed by atoms with Crippen molar-refractivity contribution in [2.45, 2.75) is 25.0 Å². The standard InChI is InChI=1S/C19H29N3O5/c1-20-16(23)12-21(2)13-19(25)9-6-10-22(18(19)24)11-14-7-5-8-15(26-3)17(14)27-4/h5,7-8,25H,6,9-13H2,1-4H3,(H,20,23)/t19-/m1/s1. The molecule has 1 fully saturated rings. The number of piperidine rings is 1. The first-order valence-corrected chi connectivity index (χ1v) is 8.95. The number of benzene rings is 1. The Morgan fingerprint density at radius 3 is 2.74 bits per heavy atom. The van der Waals surface area contributed by atoms with Crippen LogP contribution in [0.3, 0.4) is 0 Å². The summed E-state index contributed by atoms with van der Waals surface area (Å²) < 4.78 is 10.8. The van der Waals surface area contributed by atoms with Crippen LogP contribution in [0, 0.1) is 0 Å². The van der Waals surface area contributed by atoms with E-state index >= 15 is 0 Å². The molecule has 8 heteroatoms. The lowest BCUT2D eigenvalue weighted by molar-refractivity contribution is -0.160. The molecule has 0 aliphatic carbocycles. The van der Waals surface area contributed by atoms with Crippen LogP contribution < -0.4 is 14.8 Å². The van der Waals surface area contributed by atoms with Gasteiger partial charge in [-0.05, 0) is 26.0 Å². The van der Waals surface area contributed by atoms with Crippen LogP contribution in [0.4, 0.5) is 0 Å². The van der Waals surface area contributed by atoms with Gasteiger partial charge in [0.1, 0.15) is 0 Å². The van der Waals surface area contributed by atoms with Crippen molar-refractivity contribution in [2.75, 3.05) is 47.9 Å². The van der Waals surface area contributed by atoms with Crippen LogP contribution in [-0.4, -0.2) is 80.3 Å². The van der Waals surface area contributed by atoms with E-state index in [1.54, 1.807) is 44.2 Å². The molecule has 1 aliphatic heterocycles. The molecule has 0 spiro atoms. The van der Waals surface area contributed by atoms with Crippen molar-refractivity contribution in [3.8, 4) is 11.5 Å². The summed E-state index contributed by atoms with van der Waals surface area (Å²) in [4.78, 5) is 27.8. The Kier molecular flexibility index (Phi) is 7.04. The van der Waals surface area contributed by atoms with Crippen molar-refractivity contribution in [3.05, 3.63) is 23.8 Å². The highest BCUT2D eigenvalue weighted by Crippen LogP contribution is 2.33. The highest BCUT2D eigenvalue weighted by molar-refractivity contribution is 5.86. The Morgan fingerprint density at radius 2 is 2.11 bits per heavy atom. The van der Waals surface area contributed by atoms with Crippen LogP contribution in [0.5, 0.6) is 11.5 Å². The van der Waals surface area contributed by atoms with Crippen LogP contribution in [0.15, 0.2) is 18.2 Å². The van der Waals surface area contributed by atoms with E-state index < -0.39 is 5.60 Å². The molecular weight excluding hydrogens is 350 g/mol. The summed E-state index contributed by atoms with van der Waals surface area (Å²) in [6.07, 6.45) is 1.05. The second-order valence-electron chi connectivity index (χ2n) is 6.86. The van der Waals surface area contributed by atoms with Crippen LogP contribution in [-0.2, 0) is 16.1 Å². The summed E-state index contributed by atoms with van der Waals surface area (Å²) >= 11 is 0. The second-order valence-corrected chi connectivity index (χ2v) is 6.86. The third-order valence-electron chi connectivity index (χ3n) is 4.77. The topological polar surface area (TPSA) is 91.3 Å². The van der Waals surface area contributed by atoms with E-state index in [2.05, 4.69) is 5.32 Å². The molecule has 2 rings (SSSR count). The normalized spacial score (nSPS) is 19.9. The largest absolute Gasteiger partial charge is 0.493 e. The van der Waals surface area contributed by atoms with Gasteiger partial charge >= 0.3 is 0 Å². The summed E-state index contributed by atoms with van der Waals surface area (Å²) in [6, 6.07) is 5.51. The zero-order valence-corrected chi connectivity index (χ0v) is 16.4. The zero-order chi connectivity index (χ0) is 20.0. The van der Waals surface area contributed by atoms with Crippen molar-refractivity contribution >= 4 is 11.8 Å². The molecule has 2 N–H and O–H groups in total. The van der Waals surface area contributed by atoms with Gasteiger partial charge < -0.3 is 24.8 Å². The smallest absolute Gasteiger partial charge is 0.256 e. The molecule has 1 atom stereocenters. The average Bonchev–Trinajstić information content (AvgIpc) is 2.64. The number of hydrogen-bond acceptors (Lipinski definition) is 6. The highest BCUT2D eigenvalue weighted by Gasteiger charge is 2.43. The van der Waals surface area contributed by atoms with Crippen LogP contribution in [0.2, 0.25) is 0 Å². The number of likely N-dealkylation sites (tertiary alicyclic amines) is 1. The fourth-order valence-electron chi connectivity index (χ4n) is 3.47. The van der Waals surface area contributed by atoms with E-state index in [0.29, 0.717) is 37.4 Å². The van der Waals surface area contributed by atoms with Gasteiger partial charge in [0.25, 0.3) is 5.91 Å². The number of aliphatic hydroxyl groups is 1. The highest BCUT2D eigenvalue weighted by atomic mass is 16.5. The minimum absolute atomic E-state index is 0.102. The summed E-state index contributed by atoms with van der Waals surface area (Å²) in [5, 5.41) is 13.5. The molecule has 0 unspecified atom stereocenters. The lowest BCUT2D eigenvalue weighted by atomic mass is 9.90. The maximum absolute atomic E-state index is 13.0. The maximum atomic E-state index is 13.0. The van der Waals surface area contributed by atoms with Crippen molar-refractivity contribution in [3.63, 3.8) is 0 Å². The van der Waals surface area contributed by atoms with Crippen molar-refractivity contribution in [2.24, 2.45) is 0 Å². The summed E-state index contributed by atoms with van der Waals surface area (Å²) in [7, 11) is 6.39. The zero-order valence-electron chi connectivity index (χ0n) is 16.4. The quantitative estimate of drug-likeness (QED) is 0.672. The van der Waals surface area contributed by atoms with Crippen LogP contribution in [0.25, 0.3) is 0 Å². The Balaban J connectivity index is 2.13. The Bertz CT molecular complexity index is 681. The fraction of sp³-hybridized carbons (Fsp3) is 0.579. The SMILES string of the molecule is CNC(=O)CN(C)C[C@]1(O)CCCN(Cc2cccc(OC)c2OC)C1=O. The van der Waals surface area contributed by atoms with E-state index in [4.69, 9.17) is 9.47 Å². The minimum Gasteiger partial charge on any atom is -0.493 e. The first-order chi connectivity index (χ1) is 12.8. The Hall–Kier alpha value is -2.32. The van der Waals surface area contributed by atoms with Gasteiger partial charge in [-0.2, -0.15) is 0 Å². The number of methoxy groups -OCH3 is 2. The molecule has 1 saturated heterocycles. The van der Waals surface area contributed by atoms with E-state index in [1.807, 2.05) is 12.1 Å². The predicted octanol–water partition coefficient (Wildman–Crippen LogP) is 0.235. The lowest BCUT2D eigenvalue weighted by Gasteiger charge is -2.40. The number of para-hydroxylation sites is 1. The number of rotatable bonds is 8. The van der Waals surface area contributed by atoms with Gasteiger partial charge in [-0.3, -0.25) is 14.5 Å². The lowest BCUT2D eigenvalue weighted by Crippen LogP contribution is -2.58. The van der Waals surface area contributed by atoms with Gasteiger partial charge in [-0.25, -0.2) is 0 Å². The molecule has 27 heavy (non-hydrogen) atoms. The van der Waals surface area contributed by atoms with Crippen LogP contribution in [0.1, 0.15) is 18.4 Å². The summed E-state index contributed by atoms with van der Waals surface area (Å²) in [5.41, 5.74) is -0.694. The molecule has 2 amide bonds. The number of carbonyl (C=O) groups is 2. The average molecular weight is 379 g/mol. The number of ether oxygens (including phenoxy) is 2. The fourth-order valence-corrected chi connectivity index (χ4v) is 3.47. The minimum atomic E-state index is -1.51. The molecule has 1 aromatic carbocycles. The second kappa shape index (κ2) is 9.05. The number of carbonyl (C=O) groups excluding carboxylic acids is 2. The molecule has 1 aromatic rings. The maximum Gasteiger partial charge on any atom is 0.256 e. The van der Waals surface area contributed by atoms with Gasteiger partial charge in [0.2, 0.25) is 5.91 Å². The number of amides is 2. The van der Waals surface area contributed by atoms with Gasteiger partial charge in [0.15, 0.2) is 17.1 Å². The van der Waals surface area contributed by atoms with Crippen LogP contribution >= 0.6 is 0 Å². The van der Waals surface area contributed by atoms with E-state index in [0.717, 1.165) is 5.56 Å². The molecule has 1 aliphatic rings. The Morgan fingerprint density at radius 1 is 1.37 bits per heavy atom. The van der Waals surface area contributed by atoms with Gasteiger partial charge in [-0.1, -0.05) is 12.1 Å². The van der Waals surface area contributed by atoms with E-state index in [9.17, 15) is 14.7 Å². The number of nitrogens with one attached hydrogen (secondary N) is 1. The molecule has 1 heterocycles. The molecule has 0 radical (unpaired) electrons.